The van der Waals surface area contributed by atoms with Crippen molar-refractivity contribution < 1.29 is 14.6 Å². The number of amides is 1. The normalized spacial score (nSPS) is 23.4. The van der Waals surface area contributed by atoms with E-state index in [1.165, 1.54) is 0 Å². The molecule has 2 rings (SSSR count). The van der Waals surface area contributed by atoms with E-state index in [0.717, 1.165) is 25.7 Å². The first-order valence-electron chi connectivity index (χ1n) is 7.36. The van der Waals surface area contributed by atoms with E-state index in [0.29, 0.717) is 10.8 Å². The highest BCUT2D eigenvalue weighted by molar-refractivity contribution is 6.30. The Morgan fingerprint density at radius 2 is 1.95 bits per heavy atom. The number of aliphatic hydroxyl groups is 1. The van der Waals surface area contributed by atoms with Gasteiger partial charge in [-0.05, 0) is 44.0 Å². The number of aliphatic hydroxyl groups excluding tert-OH is 1. The van der Waals surface area contributed by atoms with Crippen LogP contribution in [0, 0.1) is 0 Å². The first-order valence-corrected chi connectivity index (χ1v) is 7.74. The van der Waals surface area contributed by atoms with Gasteiger partial charge in [0, 0.05) is 12.1 Å². The Hall–Kier alpha value is -1.26. The quantitative estimate of drug-likeness (QED) is 0.930. The number of carbonyl (C=O) groups is 1. The van der Waals surface area contributed by atoms with E-state index in [1.54, 1.807) is 43.1 Å². The van der Waals surface area contributed by atoms with Crippen LogP contribution in [-0.4, -0.2) is 41.2 Å². The van der Waals surface area contributed by atoms with Crippen molar-refractivity contribution in [1.82, 2.24) is 4.90 Å². The third-order valence-corrected chi connectivity index (χ3v) is 4.27. The smallest absolute Gasteiger partial charge is 0.263 e. The van der Waals surface area contributed by atoms with Gasteiger partial charge in [0.25, 0.3) is 5.91 Å². The lowest BCUT2D eigenvalue weighted by molar-refractivity contribution is -0.142. The number of nitrogens with zero attached hydrogens (tertiary/aromatic N) is 1. The molecule has 0 spiro atoms. The van der Waals surface area contributed by atoms with Gasteiger partial charge in [0.1, 0.15) is 5.75 Å². The largest absolute Gasteiger partial charge is 0.481 e. The zero-order chi connectivity index (χ0) is 15.4. The molecule has 0 bridgehead atoms. The number of likely N-dealkylation sites (N-methyl/N-ethyl adjacent to an activating group) is 1. The molecule has 1 amide bonds. The van der Waals surface area contributed by atoms with Crippen LogP contribution in [0.5, 0.6) is 5.75 Å². The molecule has 1 aliphatic carbocycles. The Kier molecular flexibility index (Phi) is 5.48. The van der Waals surface area contributed by atoms with Gasteiger partial charge in [0.2, 0.25) is 0 Å². The van der Waals surface area contributed by atoms with Crippen molar-refractivity contribution in [3.8, 4) is 5.75 Å². The fraction of sp³-hybridized carbons (Fsp3) is 0.562. The number of ether oxygens (including phenoxy) is 1. The van der Waals surface area contributed by atoms with Crippen LogP contribution in [0.1, 0.15) is 32.6 Å². The standard InChI is InChI=1S/C16H22ClNO3/c1-11(21-13-9-7-12(17)8-10-13)16(20)18(2)14-5-3-4-6-15(14)19/h7-11,14-15,19H,3-6H2,1-2H3/t11-,14-,15-/m0/s1. The minimum Gasteiger partial charge on any atom is -0.481 e. The average Bonchev–Trinajstić information content (AvgIpc) is 2.48. The Balaban J connectivity index is 1.96. The molecule has 1 N–H and O–H groups in total. The number of halogens is 1. The van der Waals surface area contributed by atoms with Crippen LogP contribution in [0.2, 0.25) is 5.02 Å². The van der Waals surface area contributed by atoms with Crippen LogP contribution in [0.15, 0.2) is 24.3 Å². The highest BCUT2D eigenvalue weighted by Gasteiger charge is 2.31. The van der Waals surface area contributed by atoms with Crippen LogP contribution < -0.4 is 4.74 Å². The highest BCUT2D eigenvalue weighted by atomic mass is 35.5. The van der Waals surface area contributed by atoms with Crippen molar-refractivity contribution in [3.05, 3.63) is 29.3 Å². The van der Waals surface area contributed by atoms with Crippen molar-refractivity contribution in [2.45, 2.75) is 50.9 Å². The summed E-state index contributed by atoms with van der Waals surface area (Å²) in [5, 5.41) is 10.7. The predicted octanol–water partition coefficient (Wildman–Crippen LogP) is 2.87. The summed E-state index contributed by atoms with van der Waals surface area (Å²) >= 11 is 5.82. The van der Waals surface area contributed by atoms with Crippen molar-refractivity contribution in [2.24, 2.45) is 0 Å². The van der Waals surface area contributed by atoms with E-state index in [2.05, 4.69) is 0 Å². The summed E-state index contributed by atoms with van der Waals surface area (Å²) in [4.78, 5) is 14.1. The summed E-state index contributed by atoms with van der Waals surface area (Å²) in [6, 6.07) is 6.82. The summed E-state index contributed by atoms with van der Waals surface area (Å²) in [5.41, 5.74) is 0. The molecule has 0 saturated heterocycles. The molecule has 0 heterocycles. The van der Waals surface area contributed by atoms with E-state index in [1.807, 2.05) is 0 Å². The molecular formula is C16H22ClNO3. The van der Waals surface area contributed by atoms with Crippen LogP contribution in [0.25, 0.3) is 0 Å². The fourth-order valence-corrected chi connectivity index (χ4v) is 2.89. The lowest BCUT2D eigenvalue weighted by Crippen LogP contribution is -2.50. The molecule has 21 heavy (non-hydrogen) atoms. The fourth-order valence-electron chi connectivity index (χ4n) is 2.76. The van der Waals surface area contributed by atoms with E-state index >= 15 is 0 Å². The third kappa shape index (κ3) is 4.11. The van der Waals surface area contributed by atoms with E-state index in [4.69, 9.17) is 16.3 Å². The van der Waals surface area contributed by atoms with Crippen molar-refractivity contribution in [2.75, 3.05) is 7.05 Å². The molecule has 116 valence electrons. The maximum Gasteiger partial charge on any atom is 0.263 e. The van der Waals surface area contributed by atoms with Gasteiger partial charge in [-0.2, -0.15) is 0 Å². The molecule has 0 radical (unpaired) electrons. The van der Waals surface area contributed by atoms with Crippen LogP contribution in [0.4, 0.5) is 0 Å². The summed E-state index contributed by atoms with van der Waals surface area (Å²) in [7, 11) is 1.74. The first-order chi connectivity index (χ1) is 9.99. The summed E-state index contributed by atoms with van der Waals surface area (Å²) in [6.45, 7) is 1.72. The molecule has 1 fully saturated rings. The molecule has 1 aromatic rings. The van der Waals surface area contributed by atoms with Gasteiger partial charge in [-0.3, -0.25) is 4.79 Å². The van der Waals surface area contributed by atoms with Crippen LogP contribution in [0.3, 0.4) is 0 Å². The van der Waals surface area contributed by atoms with E-state index in [9.17, 15) is 9.90 Å². The maximum atomic E-state index is 12.4. The number of hydrogen-bond donors (Lipinski definition) is 1. The van der Waals surface area contributed by atoms with Gasteiger partial charge in [-0.1, -0.05) is 24.4 Å². The molecular weight excluding hydrogens is 290 g/mol. The Bertz CT molecular complexity index is 477. The maximum absolute atomic E-state index is 12.4. The minimum absolute atomic E-state index is 0.109. The average molecular weight is 312 g/mol. The number of carbonyl (C=O) groups excluding carboxylic acids is 1. The molecule has 4 nitrogen and oxygen atoms in total. The van der Waals surface area contributed by atoms with Crippen molar-refractivity contribution in [3.63, 3.8) is 0 Å². The Morgan fingerprint density at radius 1 is 1.33 bits per heavy atom. The molecule has 0 unspecified atom stereocenters. The van der Waals surface area contributed by atoms with Gasteiger partial charge >= 0.3 is 0 Å². The van der Waals surface area contributed by atoms with Gasteiger partial charge in [-0.25, -0.2) is 0 Å². The van der Waals surface area contributed by atoms with Gasteiger partial charge in [-0.15, -0.1) is 0 Å². The SMILES string of the molecule is C[C@H](Oc1ccc(Cl)cc1)C(=O)N(C)[C@H]1CCCC[C@@H]1O. The highest BCUT2D eigenvalue weighted by Crippen LogP contribution is 2.23. The molecule has 0 aliphatic heterocycles. The lowest BCUT2D eigenvalue weighted by Gasteiger charge is -2.36. The molecule has 3 atom stereocenters. The zero-order valence-corrected chi connectivity index (χ0v) is 13.2. The second-order valence-corrected chi connectivity index (χ2v) is 6.02. The monoisotopic (exact) mass is 311 g/mol. The zero-order valence-electron chi connectivity index (χ0n) is 12.5. The molecule has 1 aliphatic rings. The molecule has 0 aromatic heterocycles. The Morgan fingerprint density at radius 3 is 2.57 bits per heavy atom. The van der Waals surface area contributed by atoms with Crippen LogP contribution >= 0.6 is 11.6 Å². The lowest BCUT2D eigenvalue weighted by atomic mass is 9.91. The van der Waals surface area contributed by atoms with Crippen LogP contribution in [-0.2, 0) is 4.79 Å². The van der Waals surface area contributed by atoms with Gasteiger partial charge in [0.15, 0.2) is 6.10 Å². The number of hydrogen-bond acceptors (Lipinski definition) is 3. The van der Waals surface area contributed by atoms with Crippen molar-refractivity contribution >= 4 is 17.5 Å². The van der Waals surface area contributed by atoms with Gasteiger partial charge in [0.05, 0.1) is 12.1 Å². The molecule has 1 aromatic carbocycles. The molecule has 1 saturated carbocycles. The minimum atomic E-state index is -0.592. The molecule has 5 heteroatoms. The number of rotatable bonds is 4. The van der Waals surface area contributed by atoms with Crippen molar-refractivity contribution in [1.29, 1.82) is 0 Å². The van der Waals surface area contributed by atoms with Gasteiger partial charge < -0.3 is 14.7 Å². The first kappa shape index (κ1) is 16.1. The summed E-state index contributed by atoms with van der Waals surface area (Å²) < 4.78 is 5.65. The second-order valence-electron chi connectivity index (χ2n) is 5.58. The van der Waals surface area contributed by atoms with E-state index in [-0.39, 0.29) is 11.9 Å². The Labute approximate surface area is 130 Å². The summed E-state index contributed by atoms with van der Waals surface area (Å²) in [6.07, 6.45) is 2.65. The second kappa shape index (κ2) is 7.14. The number of benzene rings is 1. The topological polar surface area (TPSA) is 49.8 Å². The predicted molar refractivity (Wildman–Crippen MR) is 82.6 cm³/mol. The van der Waals surface area contributed by atoms with E-state index < -0.39 is 12.2 Å². The summed E-state index contributed by atoms with van der Waals surface area (Å²) in [5.74, 6) is 0.494. The third-order valence-electron chi connectivity index (χ3n) is 4.01.